The van der Waals surface area contributed by atoms with Crippen LogP contribution in [-0.2, 0) is 21.2 Å². The van der Waals surface area contributed by atoms with Crippen LogP contribution < -0.4 is 0 Å². The van der Waals surface area contributed by atoms with Crippen LogP contribution in [0.4, 0.5) is 4.39 Å². The van der Waals surface area contributed by atoms with Crippen molar-refractivity contribution in [3.8, 4) is 0 Å². The molecule has 0 N–H and O–H groups in total. The summed E-state index contributed by atoms with van der Waals surface area (Å²) >= 11 is 0. The third-order valence-corrected chi connectivity index (χ3v) is 6.46. The van der Waals surface area contributed by atoms with Gasteiger partial charge in [0.1, 0.15) is 5.82 Å². The number of halogens is 1. The molecule has 2 aromatic carbocycles. The van der Waals surface area contributed by atoms with E-state index in [1.807, 2.05) is 6.92 Å². The Kier molecular flexibility index (Phi) is 5.38. The monoisotopic (exact) mass is 376 g/mol. The fourth-order valence-corrected chi connectivity index (χ4v) is 4.38. The number of sulfonamides is 1. The number of nitrogens with zero attached hydrogens (tertiary/aromatic N) is 2. The molecule has 7 heteroatoms. The first-order valence-corrected chi connectivity index (χ1v) is 9.90. The predicted molar refractivity (Wildman–Crippen MR) is 96.6 cm³/mol. The number of aryl methyl sites for hydroxylation is 1. The van der Waals surface area contributed by atoms with Crippen LogP contribution in [0.3, 0.4) is 0 Å². The van der Waals surface area contributed by atoms with Crippen molar-refractivity contribution in [1.82, 2.24) is 9.21 Å². The van der Waals surface area contributed by atoms with Crippen LogP contribution in [0.5, 0.6) is 0 Å². The van der Waals surface area contributed by atoms with Crippen molar-refractivity contribution in [3.05, 3.63) is 65.5 Å². The molecule has 0 bridgehead atoms. The molecule has 0 aromatic heterocycles. The first-order valence-electron chi connectivity index (χ1n) is 8.46. The molecule has 1 aliphatic heterocycles. The largest absolute Gasteiger partial charge is 0.340 e. The predicted octanol–water partition coefficient (Wildman–Crippen LogP) is 2.21. The molecule has 3 rings (SSSR count). The zero-order valence-corrected chi connectivity index (χ0v) is 15.4. The SMILES string of the molecule is Cc1ccc(S(=O)(=O)N2CCN(C(=O)Cc3ccccc3F)CC2)cc1. The molecule has 0 unspecified atom stereocenters. The van der Waals surface area contributed by atoms with Crippen LogP contribution in [0.2, 0.25) is 0 Å². The van der Waals surface area contributed by atoms with Gasteiger partial charge in [-0.25, -0.2) is 12.8 Å². The van der Waals surface area contributed by atoms with E-state index in [9.17, 15) is 17.6 Å². The number of benzene rings is 2. The molecule has 1 amide bonds. The van der Waals surface area contributed by atoms with E-state index in [0.29, 0.717) is 18.7 Å². The summed E-state index contributed by atoms with van der Waals surface area (Å²) in [6.45, 7) is 2.98. The van der Waals surface area contributed by atoms with Crippen molar-refractivity contribution < 1.29 is 17.6 Å². The van der Waals surface area contributed by atoms with Crippen molar-refractivity contribution in [1.29, 1.82) is 0 Å². The molecular weight excluding hydrogens is 355 g/mol. The van der Waals surface area contributed by atoms with Gasteiger partial charge in [-0.2, -0.15) is 4.31 Å². The van der Waals surface area contributed by atoms with Crippen LogP contribution >= 0.6 is 0 Å². The summed E-state index contributed by atoms with van der Waals surface area (Å²) in [6.07, 6.45) is -0.0165. The Balaban J connectivity index is 1.62. The van der Waals surface area contributed by atoms with Gasteiger partial charge in [0.05, 0.1) is 11.3 Å². The van der Waals surface area contributed by atoms with E-state index in [4.69, 9.17) is 0 Å². The molecule has 1 fully saturated rings. The molecule has 26 heavy (non-hydrogen) atoms. The fourth-order valence-electron chi connectivity index (χ4n) is 2.95. The Labute approximate surface area is 153 Å². The van der Waals surface area contributed by atoms with Crippen molar-refractivity contribution >= 4 is 15.9 Å². The van der Waals surface area contributed by atoms with Crippen molar-refractivity contribution in [2.24, 2.45) is 0 Å². The average Bonchev–Trinajstić information content (AvgIpc) is 2.64. The van der Waals surface area contributed by atoms with E-state index in [-0.39, 0.29) is 30.3 Å². The van der Waals surface area contributed by atoms with Gasteiger partial charge in [-0.05, 0) is 30.7 Å². The Morgan fingerprint density at radius 2 is 1.62 bits per heavy atom. The molecule has 138 valence electrons. The van der Waals surface area contributed by atoms with E-state index >= 15 is 0 Å². The lowest BCUT2D eigenvalue weighted by Gasteiger charge is -2.34. The van der Waals surface area contributed by atoms with E-state index in [0.717, 1.165) is 5.56 Å². The highest BCUT2D eigenvalue weighted by molar-refractivity contribution is 7.89. The third-order valence-electron chi connectivity index (χ3n) is 4.55. The molecule has 0 aliphatic carbocycles. The first kappa shape index (κ1) is 18.5. The van der Waals surface area contributed by atoms with E-state index in [1.54, 1.807) is 47.4 Å². The summed E-state index contributed by atoms with van der Waals surface area (Å²) in [7, 11) is -3.56. The second-order valence-corrected chi connectivity index (χ2v) is 8.30. The minimum Gasteiger partial charge on any atom is -0.340 e. The van der Waals surface area contributed by atoms with Crippen LogP contribution in [0.1, 0.15) is 11.1 Å². The number of hydrogen-bond acceptors (Lipinski definition) is 3. The number of rotatable bonds is 4. The second-order valence-electron chi connectivity index (χ2n) is 6.37. The lowest BCUT2D eigenvalue weighted by Crippen LogP contribution is -2.50. The molecule has 5 nitrogen and oxygen atoms in total. The van der Waals surface area contributed by atoms with Gasteiger partial charge < -0.3 is 4.90 Å². The molecule has 0 radical (unpaired) electrons. The number of amides is 1. The molecular formula is C19H21FN2O3S. The van der Waals surface area contributed by atoms with E-state index < -0.39 is 15.8 Å². The minimum absolute atomic E-state index is 0.0165. The maximum absolute atomic E-state index is 13.7. The molecule has 2 aromatic rings. The van der Waals surface area contributed by atoms with Crippen LogP contribution in [0, 0.1) is 12.7 Å². The lowest BCUT2D eigenvalue weighted by molar-refractivity contribution is -0.131. The number of carbonyl (C=O) groups excluding carboxylic acids is 1. The van der Waals surface area contributed by atoms with Gasteiger partial charge in [-0.3, -0.25) is 4.79 Å². The van der Waals surface area contributed by atoms with Gasteiger partial charge in [0.2, 0.25) is 15.9 Å². The van der Waals surface area contributed by atoms with Crippen LogP contribution in [0.15, 0.2) is 53.4 Å². The summed E-state index contributed by atoms with van der Waals surface area (Å²) in [5, 5.41) is 0. The van der Waals surface area contributed by atoms with E-state index in [1.165, 1.54) is 10.4 Å². The van der Waals surface area contributed by atoms with Gasteiger partial charge in [-0.15, -0.1) is 0 Å². The fraction of sp³-hybridized carbons (Fsp3) is 0.316. The van der Waals surface area contributed by atoms with Gasteiger partial charge in [0, 0.05) is 26.2 Å². The van der Waals surface area contributed by atoms with Gasteiger partial charge in [0.15, 0.2) is 0 Å². The number of carbonyl (C=O) groups is 1. The summed E-state index contributed by atoms with van der Waals surface area (Å²) < 4.78 is 40.5. The summed E-state index contributed by atoms with van der Waals surface area (Å²) in [5.74, 6) is -0.594. The molecule has 0 atom stereocenters. The Bertz CT molecular complexity index is 889. The van der Waals surface area contributed by atoms with Crippen molar-refractivity contribution in [2.75, 3.05) is 26.2 Å². The molecule has 1 aliphatic rings. The zero-order valence-electron chi connectivity index (χ0n) is 14.6. The Morgan fingerprint density at radius 1 is 1.00 bits per heavy atom. The minimum atomic E-state index is -3.56. The van der Waals surface area contributed by atoms with Gasteiger partial charge >= 0.3 is 0 Å². The van der Waals surface area contributed by atoms with Crippen LogP contribution in [0.25, 0.3) is 0 Å². The van der Waals surface area contributed by atoms with Crippen LogP contribution in [-0.4, -0.2) is 49.7 Å². The smallest absolute Gasteiger partial charge is 0.243 e. The highest BCUT2D eigenvalue weighted by Gasteiger charge is 2.30. The molecule has 0 spiro atoms. The molecule has 1 heterocycles. The Morgan fingerprint density at radius 3 is 2.23 bits per heavy atom. The normalized spacial score (nSPS) is 15.8. The van der Waals surface area contributed by atoms with Gasteiger partial charge in [0.25, 0.3) is 0 Å². The third kappa shape index (κ3) is 3.94. The van der Waals surface area contributed by atoms with E-state index in [2.05, 4.69) is 0 Å². The summed E-state index contributed by atoms with van der Waals surface area (Å²) in [5.41, 5.74) is 1.35. The Hall–Kier alpha value is -2.25. The van der Waals surface area contributed by atoms with Crippen molar-refractivity contribution in [2.45, 2.75) is 18.2 Å². The number of hydrogen-bond donors (Lipinski definition) is 0. The highest BCUT2D eigenvalue weighted by Crippen LogP contribution is 2.19. The van der Waals surface area contributed by atoms with Crippen molar-refractivity contribution in [3.63, 3.8) is 0 Å². The topological polar surface area (TPSA) is 57.7 Å². The first-order chi connectivity index (χ1) is 12.4. The molecule has 1 saturated heterocycles. The zero-order chi connectivity index (χ0) is 18.7. The summed E-state index contributed by atoms with van der Waals surface area (Å²) in [6, 6.07) is 12.9. The van der Waals surface area contributed by atoms with Gasteiger partial charge in [-0.1, -0.05) is 35.9 Å². The quantitative estimate of drug-likeness (QED) is 0.822. The maximum Gasteiger partial charge on any atom is 0.243 e. The lowest BCUT2D eigenvalue weighted by atomic mass is 10.1. The highest BCUT2D eigenvalue weighted by atomic mass is 32.2. The standard InChI is InChI=1S/C19H21FN2O3S/c1-15-6-8-17(9-7-15)26(24,25)22-12-10-21(11-13-22)19(23)14-16-4-2-3-5-18(16)20/h2-9H,10-14H2,1H3. The summed E-state index contributed by atoms with van der Waals surface area (Å²) in [4.78, 5) is 14.2. The molecule has 0 saturated carbocycles. The maximum atomic E-state index is 13.7. The average molecular weight is 376 g/mol. The second kappa shape index (κ2) is 7.55. The number of piperazine rings is 1.